The fraction of sp³-hybridized carbons (Fsp3) is 0.692. The van der Waals surface area contributed by atoms with Crippen molar-refractivity contribution < 1.29 is 0 Å². The summed E-state index contributed by atoms with van der Waals surface area (Å²) >= 11 is 0. The number of rotatable bonds is 0. The van der Waals surface area contributed by atoms with Crippen molar-refractivity contribution in [3.63, 3.8) is 0 Å². The van der Waals surface area contributed by atoms with Gasteiger partial charge in [-0.25, -0.2) is 9.89 Å². The van der Waals surface area contributed by atoms with E-state index in [1.165, 1.54) is 0 Å². The molecule has 0 spiro atoms. The summed E-state index contributed by atoms with van der Waals surface area (Å²) in [6.45, 7) is 12.2. The summed E-state index contributed by atoms with van der Waals surface area (Å²) in [6, 6.07) is 0. The lowest BCUT2D eigenvalue weighted by molar-refractivity contribution is 0.539. The van der Waals surface area contributed by atoms with E-state index in [1.807, 2.05) is 33.8 Å². The lowest BCUT2D eigenvalue weighted by Crippen LogP contribution is -2.20. The average molecular weight is 241 g/mol. The Morgan fingerprint density at radius 3 is 2.29 bits per heavy atom. The monoisotopic (exact) mass is 241 g/mol. The normalized spacial score (nSPS) is 19.9. The highest BCUT2D eigenvalue weighted by Gasteiger charge is 2.21. The van der Waals surface area contributed by atoms with Gasteiger partial charge >= 0.3 is 5.69 Å². The molecule has 0 aliphatic carbocycles. The molecule has 0 saturated heterocycles. The smallest absolute Gasteiger partial charge is 0.254 e. The Bertz CT molecular complexity index is 376. The van der Waals surface area contributed by atoms with E-state index >= 15 is 0 Å². The van der Waals surface area contributed by atoms with E-state index in [-0.39, 0.29) is 13.1 Å². The quantitative estimate of drug-likeness (QED) is 0.756. The number of fused-ring (bicyclic) bond motifs is 1. The maximum absolute atomic E-state index is 11.1. The van der Waals surface area contributed by atoms with Gasteiger partial charge < -0.3 is 0 Å². The van der Waals surface area contributed by atoms with Gasteiger partial charge in [0.05, 0.1) is 0 Å². The molecule has 4 heteroatoms. The molecule has 0 fully saturated rings. The van der Waals surface area contributed by atoms with Crippen LogP contribution in [0.15, 0.2) is 10.9 Å². The Balaban J connectivity index is 0. The van der Waals surface area contributed by atoms with E-state index in [0.717, 1.165) is 5.82 Å². The van der Waals surface area contributed by atoms with Gasteiger partial charge in [-0.2, -0.15) is 5.10 Å². The van der Waals surface area contributed by atoms with E-state index in [9.17, 15) is 4.79 Å². The molecule has 2 unspecified atom stereocenters. The molecule has 100 valence electrons. The predicted octanol–water partition coefficient (Wildman–Crippen LogP) is 3.48. The van der Waals surface area contributed by atoms with Crippen LogP contribution in [-0.4, -0.2) is 14.8 Å². The van der Waals surface area contributed by atoms with Gasteiger partial charge in [0, 0.05) is 12.1 Å². The van der Waals surface area contributed by atoms with Gasteiger partial charge in [0.15, 0.2) is 0 Å². The third-order valence-corrected chi connectivity index (χ3v) is 2.47. The number of allylic oxidation sites excluding steroid dienone is 1. The van der Waals surface area contributed by atoms with E-state index in [4.69, 9.17) is 0 Å². The van der Waals surface area contributed by atoms with Crippen LogP contribution < -0.4 is 5.69 Å². The Hall–Kier alpha value is -1.32. The Kier molecular flexibility index (Phi) is 9.33. The summed E-state index contributed by atoms with van der Waals surface area (Å²) in [4.78, 5) is 11.1. The van der Waals surface area contributed by atoms with Crippen LogP contribution in [0.4, 0.5) is 0 Å². The maximum Gasteiger partial charge on any atom is 0.347 e. The van der Waals surface area contributed by atoms with Gasteiger partial charge in [-0.1, -0.05) is 55.0 Å². The standard InChI is InChI=1S/C8H11N3O.2C2H6.CH4/c1-5-3-4-11-7(6(5)2)9-10-8(11)12;2*1-2;/h3-6H,1-2H3,(H,10,12);2*1-2H3;1H4. The second-order valence-corrected chi connectivity index (χ2v) is 3.25. The minimum Gasteiger partial charge on any atom is -0.254 e. The summed E-state index contributed by atoms with van der Waals surface area (Å²) in [6.07, 6.45) is 3.81. The zero-order chi connectivity index (χ0) is 12.7. The predicted molar refractivity (Wildman–Crippen MR) is 75.2 cm³/mol. The molecule has 2 atom stereocenters. The molecule has 1 aromatic rings. The molecular formula is C13H27N3O. The molecule has 1 N–H and O–H groups in total. The third kappa shape index (κ3) is 3.88. The topological polar surface area (TPSA) is 50.7 Å². The largest absolute Gasteiger partial charge is 0.347 e. The van der Waals surface area contributed by atoms with Crippen molar-refractivity contribution in [2.45, 2.75) is 54.9 Å². The van der Waals surface area contributed by atoms with Crippen molar-refractivity contribution in [3.05, 3.63) is 22.4 Å². The average Bonchev–Trinajstić information content (AvgIpc) is 2.72. The summed E-state index contributed by atoms with van der Waals surface area (Å²) in [5.41, 5.74) is -0.153. The van der Waals surface area contributed by atoms with E-state index < -0.39 is 0 Å². The van der Waals surface area contributed by atoms with Crippen molar-refractivity contribution in [2.75, 3.05) is 0 Å². The van der Waals surface area contributed by atoms with Crippen LogP contribution in [0.25, 0.3) is 6.20 Å². The molecule has 4 nitrogen and oxygen atoms in total. The highest BCUT2D eigenvalue weighted by atomic mass is 16.1. The molecule has 1 aromatic heterocycles. The van der Waals surface area contributed by atoms with E-state index in [2.05, 4.69) is 24.0 Å². The van der Waals surface area contributed by atoms with Crippen LogP contribution in [-0.2, 0) is 0 Å². The first-order valence-corrected chi connectivity index (χ1v) is 6.05. The fourth-order valence-electron chi connectivity index (χ4n) is 1.41. The lowest BCUT2D eigenvalue weighted by Gasteiger charge is -2.19. The Morgan fingerprint density at radius 1 is 1.24 bits per heavy atom. The molecule has 2 rings (SSSR count). The number of H-pyrrole nitrogens is 1. The minimum atomic E-state index is -0.153. The fourth-order valence-corrected chi connectivity index (χ4v) is 1.41. The van der Waals surface area contributed by atoms with E-state index in [0.29, 0.717) is 11.8 Å². The maximum atomic E-state index is 11.1. The molecule has 1 aliphatic rings. The highest BCUT2D eigenvalue weighted by molar-refractivity contribution is 5.30. The number of aromatic amines is 1. The summed E-state index contributed by atoms with van der Waals surface area (Å²) in [5, 5.41) is 6.40. The molecule has 0 amide bonds. The first-order valence-electron chi connectivity index (χ1n) is 6.05. The van der Waals surface area contributed by atoms with Crippen LogP contribution in [0.5, 0.6) is 0 Å². The van der Waals surface area contributed by atoms with Gasteiger partial charge in [-0.15, -0.1) is 0 Å². The van der Waals surface area contributed by atoms with Crippen LogP contribution in [0.3, 0.4) is 0 Å². The molecule has 0 radical (unpaired) electrons. The van der Waals surface area contributed by atoms with Crippen molar-refractivity contribution in [2.24, 2.45) is 5.92 Å². The van der Waals surface area contributed by atoms with Gasteiger partial charge in [0.25, 0.3) is 0 Å². The third-order valence-electron chi connectivity index (χ3n) is 2.47. The number of aromatic nitrogens is 3. The number of hydrogen-bond donors (Lipinski definition) is 1. The van der Waals surface area contributed by atoms with Crippen molar-refractivity contribution >= 4 is 6.20 Å². The molecule has 17 heavy (non-hydrogen) atoms. The zero-order valence-corrected chi connectivity index (χ0v) is 11.1. The lowest BCUT2D eigenvalue weighted by atomic mass is 9.93. The van der Waals surface area contributed by atoms with Crippen LogP contribution in [0.1, 0.15) is 60.7 Å². The SMILES string of the molecule is C.CC.CC.CC1C=Cn2c(n[nH]c2=O)C1C. The van der Waals surface area contributed by atoms with Gasteiger partial charge in [-0.05, 0) is 5.92 Å². The Labute approximate surface area is 105 Å². The first kappa shape index (κ1) is 18.1. The van der Waals surface area contributed by atoms with Crippen molar-refractivity contribution in [1.82, 2.24) is 14.8 Å². The summed E-state index contributed by atoms with van der Waals surface area (Å²) < 4.78 is 1.56. The number of nitrogens with zero attached hydrogens (tertiary/aromatic N) is 2. The highest BCUT2D eigenvalue weighted by Crippen LogP contribution is 2.25. The van der Waals surface area contributed by atoms with Crippen molar-refractivity contribution in [3.8, 4) is 0 Å². The van der Waals surface area contributed by atoms with Gasteiger partial charge in [-0.3, -0.25) is 4.57 Å². The molecule has 0 saturated carbocycles. The summed E-state index contributed by atoms with van der Waals surface area (Å²) in [5.74, 6) is 1.59. The number of nitrogens with one attached hydrogen (secondary N) is 1. The molecule has 1 aliphatic heterocycles. The molecule has 0 aromatic carbocycles. The van der Waals surface area contributed by atoms with Gasteiger partial charge in [0.2, 0.25) is 0 Å². The van der Waals surface area contributed by atoms with Crippen LogP contribution >= 0.6 is 0 Å². The van der Waals surface area contributed by atoms with Crippen molar-refractivity contribution in [1.29, 1.82) is 0 Å². The van der Waals surface area contributed by atoms with Gasteiger partial charge in [0.1, 0.15) is 5.82 Å². The summed E-state index contributed by atoms with van der Waals surface area (Å²) in [7, 11) is 0. The molecular weight excluding hydrogens is 214 g/mol. The second-order valence-electron chi connectivity index (χ2n) is 3.25. The van der Waals surface area contributed by atoms with E-state index in [1.54, 1.807) is 10.8 Å². The van der Waals surface area contributed by atoms with Crippen LogP contribution in [0, 0.1) is 5.92 Å². The zero-order valence-electron chi connectivity index (χ0n) is 11.1. The Morgan fingerprint density at radius 2 is 1.76 bits per heavy atom. The number of hydrogen-bond acceptors (Lipinski definition) is 2. The minimum absolute atomic E-state index is 0. The molecule has 0 bridgehead atoms. The second kappa shape index (κ2) is 8.79. The molecule has 2 heterocycles. The van der Waals surface area contributed by atoms with Crippen LogP contribution in [0.2, 0.25) is 0 Å². The first-order chi connectivity index (χ1) is 7.70.